The van der Waals surface area contributed by atoms with Crippen LogP contribution >= 0.6 is 0 Å². The Morgan fingerprint density at radius 3 is 3.11 bits per heavy atom. The van der Waals surface area contributed by atoms with Crippen molar-refractivity contribution >= 4 is 0 Å². The maximum absolute atomic E-state index is 5.65. The van der Waals surface area contributed by atoms with Gasteiger partial charge in [-0.05, 0) is 24.8 Å². The van der Waals surface area contributed by atoms with E-state index < -0.39 is 0 Å². The van der Waals surface area contributed by atoms with Gasteiger partial charge in [0.2, 0.25) is 0 Å². The molecule has 1 fully saturated rings. The third kappa shape index (κ3) is 4.69. The molecule has 0 saturated carbocycles. The average molecular weight is 261 g/mol. The van der Waals surface area contributed by atoms with Crippen LogP contribution in [-0.4, -0.2) is 26.4 Å². The molecule has 19 heavy (non-hydrogen) atoms. The van der Waals surface area contributed by atoms with Crippen LogP contribution in [0.25, 0.3) is 0 Å². The Hall–Kier alpha value is -1.32. The molecule has 1 saturated heterocycles. The van der Waals surface area contributed by atoms with Gasteiger partial charge in [0.1, 0.15) is 12.4 Å². The van der Waals surface area contributed by atoms with Gasteiger partial charge in [0.05, 0.1) is 6.61 Å². The quantitative estimate of drug-likeness (QED) is 0.766. The summed E-state index contributed by atoms with van der Waals surface area (Å²) in [5, 5.41) is 3.50. The first-order chi connectivity index (χ1) is 9.40. The molecule has 1 atom stereocenters. The summed E-state index contributed by atoms with van der Waals surface area (Å²) in [5.74, 6) is 1.59. The average Bonchev–Trinajstić information content (AvgIpc) is 2.47. The molecule has 0 bridgehead atoms. The highest BCUT2D eigenvalue weighted by Gasteiger charge is 2.13. The predicted octanol–water partition coefficient (Wildman–Crippen LogP) is 2.77. The number of benzene rings is 1. The van der Waals surface area contributed by atoms with Crippen molar-refractivity contribution in [1.82, 2.24) is 5.32 Å². The Morgan fingerprint density at radius 2 is 2.32 bits per heavy atom. The largest absolute Gasteiger partial charge is 0.489 e. The van der Waals surface area contributed by atoms with E-state index in [2.05, 4.69) is 18.0 Å². The number of hydrogen-bond acceptors (Lipinski definition) is 3. The van der Waals surface area contributed by atoms with E-state index in [0.717, 1.165) is 32.1 Å². The topological polar surface area (TPSA) is 30.5 Å². The second-order valence-electron chi connectivity index (χ2n) is 4.92. The molecule has 1 heterocycles. The molecule has 0 amide bonds. The fourth-order valence-corrected chi connectivity index (χ4v) is 2.32. The fraction of sp³-hybridized carbons (Fsp3) is 0.500. The molecule has 0 radical (unpaired) electrons. The van der Waals surface area contributed by atoms with E-state index in [1.54, 1.807) is 6.08 Å². The van der Waals surface area contributed by atoms with Crippen LogP contribution in [-0.2, 0) is 11.3 Å². The standard InChI is InChI=1S/C16H23NO2/c1-2-9-19-16-8-4-3-7-15(16)12-17-11-14-6-5-10-18-13-14/h2-4,7-8,14,17H,1,5-6,9-13H2. The smallest absolute Gasteiger partial charge is 0.124 e. The molecule has 1 unspecified atom stereocenters. The van der Waals surface area contributed by atoms with Crippen LogP contribution < -0.4 is 10.1 Å². The Balaban J connectivity index is 1.79. The van der Waals surface area contributed by atoms with Gasteiger partial charge in [-0.25, -0.2) is 0 Å². The third-order valence-corrected chi connectivity index (χ3v) is 3.33. The fourth-order valence-electron chi connectivity index (χ4n) is 2.32. The zero-order chi connectivity index (χ0) is 13.3. The van der Waals surface area contributed by atoms with E-state index in [0.29, 0.717) is 12.5 Å². The Kier molecular flexibility index (Phi) is 5.92. The molecule has 2 rings (SSSR count). The summed E-state index contributed by atoms with van der Waals surface area (Å²) in [4.78, 5) is 0. The molecule has 1 aliphatic rings. The van der Waals surface area contributed by atoms with Gasteiger partial charge in [0.25, 0.3) is 0 Å². The van der Waals surface area contributed by atoms with Crippen LogP contribution in [0.4, 0.5) is 0 Å². The maximum atomic E-state index is 5.65. The summed E-state index contributed by atoms with van der Waals surface area (Å²) in [6.07, 6.45) is 4.22. The summed E-state index contributed by atoms with van der Waals surface area (Å²) >= 11 is 0. The van der Waals surface area contributed by atoms with Gasteiger partial charge in [0.15, 0.2) is 0 Å². The first-order valence-electron chi connectivity index (χ1n) is 7.00. The highest BCUT2D eigenvalue weighted by Crippen LogP contribution is 2.18. The molecule has 1 aromatic rings. The van der Waals surface area contributed by atoms with Crippen molar-refractivity contribution in [2.24, 2.45) is 5.92 Å². The highest BCUT2D eigenvalue weighted by atomic mass is 16.5. The van der Waals surface area contributed by atoms with Gasteiger partial charge in [-0.2, -0.15) is 0 Å². The lowest BCUT2D eigenvalue weighted by Crippen LogP contribution is -2.29. The maximum Gasteiger partial charge on any atom is 0.124 e. The van der Waals surface area contributed by atoms with Crippen LogP contribution in [0.3, 0.4) is 0 Å². The van der Waals surface area contributed by atoms with Crippen LogP contribution in [0.15, 0.2) is 36.9 Å². The van der Waals surface area contributed by atoms with Crippen molar-refractivity contribution in [2.45, 2.75) is 19.4 Å². The number of para-hydroxylation sites is 1. The van der Waals surface area contributed by atoms with Crippen LogP contribution in [0.1, 0.15) is 18.4 Å². The van der Waals surface area contributed by atoms with Crippen LogP contribution in [0, 0.1) is 5.92 Å². The van der Waals surface area contributed by atoms with Crippen molar-refractivity contribution in [3.63, 3.8) is 0 Å². The zero-order valence-electron chi connectivity index (χ0n) is 11.4. The second-order valence-corrected chi connectivity index (χ2v) is 4.92. The Morgan fingerprint density at radius 1 is 1.42 bits per heavy atom. The van der Waals surface area contributed by atoms with Gasteiger partial charge >= 0.3 is 0 Å². The molecule has 0 aliphatic carbocycles. The summed E-state index contributed by atoms with van der Waals surface area (Å²) in [5.41, 5.74) is 1.20. The second kappa shape index (κ2) is 7.97. The number of ether oxygens (including phenoxy) is 2. The SMILES string of the molecule is C=CCOc1ccccc1CNCC1CCCOC1. The Bertz CT molecular complexity index is 386. The minimum atomic E-state index is 0.549. The van der Waals surface area contributed by atoms with E-state index in [4.69, 9.17) is 9.47 Å². The monoisotopic (exact) mass is 261 g/mol. The molecule has 104 valence electrons. The van der Waals surface area contributed by atoms with Gasteiger partial charge in [-0.1, -0.05) is 30.9 Å². The summed E-state index contributed by atoms with van der Waals surface area (Å²) in [7, 11) is 0. The van der Waals surface area contributed by atoms with E-state index >= 15 is 0 Å². The normalized spacial score (nSPS) is 19.1. The number of rotatable bonds is 7. The van der Waals surface area contributed by atoms with Crippen molar-refractivity contribution in [3.05, 3.63) is 42.5 Å². The lowest BCUT2D eigenvalue weighted by atomic mass is 10.0. The van der Waals surface area contributed by atoms with Crippen LogP contribution in [0.2, 0.25) is 0 Å². The van der Waals surface area contributed by atoms with Gasteiger partial charge in [0, 0.05) is 25.3 Å². The minimum Gasteiger partial charge on any atom is -0.489 e. The molecule has 1 N–H and O–H groups in total. The first-order valence-corrected chi connectivity index (χ1v) is 7.00. The molecule has 3 heteroatoms. The van der Waals surface area contributed by atoms with Gasteiger partial charge in [-0.15, -0.1) is 0 Å². The molecule has 0 aromatic heterocycles. The summed E-state index contributed by atoms with van der Waals surface area (Å²) in [6.45, 7) is 7.89. The Labute approximate surface area is 115 Å². The van der Waals surface area contributed by atoms with Crippen molar-refractivity contribution in [2.75, 3.05) is 26.4 Å². The molecule has 1 aliphatic heterocycles. The molecule has 0 spiro atoms. The summed E-state index contributed by atoms with van der Waals surface area (Å²) in [6, 6.07) is 8.14. The third-order valence-electron chi connectivity index (χ3n) is 3.33. The summed E-state index contributed by atoms with van der Waals surface area (Å²) < 4.78 is 11.1. The minimum absolute atomic E-state index is 0.549. The van der Waals surface area contributed by atoms with Gasteiger partial charge < -0.3 is 14.8 Å². The van der Waals surface area contributed by atoms with E-state index in [1.807, 2.05) is 18.2 Å². The van der Waals surface area contributed by atoms with E-state index in [-0.39, 0.29) is 0 Å². The van der Waals surface area contributed by atoms with Crippen molar-refractivity contribution in [1.29, 1.82) is 0 Å². The predicted molar refractivity (Wildman–Crippen MR) is 77.4 cm³/mol. The highest BCUT2D eigenvalue weighted by molar-refractivity contribution is 5.33. The van der Waals surface area contributed by atoms with Gasteiger partial charge in [-0.3, -0.25) is 0 Å². The molecule has 3 nitrogen and oxygen atoms in total. The number of hydrogen-bond donors (Lipinski definition) is 1. The van der Waals surface area contributed by atoms with Crippen molar-refractivity contribution in [3.8, 4) is 5.75 Å². The number of nitrogens with one attached hydrogen (secondary N) is 1. The first kappa shape index (κ1) is 14.1. The van der Waals surface area contributed by atoms with E-state index in [9.17, 15) is 0 Å². The lowest BCUT2D eigenvalue weighted by molar-refractivity contribution is 0.0547. The zero-order valence-corrected chi connectivity index (χ0v) is 11.4. The molecular formula is C16H23NO2. The molecular weight excluding hydrogens is 238 g/mol. The van der Waals surface area contributed by atoms with Crippen molar-refractivity contribution < 1.29 is 9.47 Å². The van der Waals surface area contributed by atoms with E-state index in [1.165, 1.54) is 18.4 Å². The molecule has 1 aromatic carbocycles. The van der Waals surface area contributed by atoms with Crippen LogP contribution in [0.5, 0.6) is 5.75 Å². The lowest BCUT2D eigenvalue weighted by Gasteiger charge is -2.22.